The summed E-state index contributed by atoms with van der Waals surface area (Å²) < 4.78 is 6.92. The Hall–Kier alpha value is -7.17. The number of benzene rings is 9. The lowest BCUT2D eigenvalue weighted by Crippen LogP contribution is -2.01. The first kappa shape index (κ1) is 29.5. The minimum absolute atomic E-state index is 0.598. The molecule has 53 heavy (non-hydrogen) atoms. The van der Waals surface area contributed by atoms with E-state index in [1.54, 1.807) is 0 Å². The molecule has 0 aliphatic carbocycles. The van der Waals surface area contributed by atoms with Gasteiger partial charge in [0.25, 0.3) is 0 Å². The standard InChI is InChI=1S/C49H29N3O/c1-3-13-30(14-4-1)36-25-26-40(39-22-12-11-21-38(36)39)48-50-47(32-16-5-2-6-17-32)51-49(52-48)42-28-35-24-23-31-15-9-10-20-37(31)44(35)46-45(42)41-27-33-18-7-8-19-34(33)29-43(41)53-46/h1-29H. The maximum absolute atomic E-state index is 6.92. The quantitative estimate of drug-likeness (QED) is 0.174. The predicted molar refractivity (Wildman–Crippen MR) is 219 cm³/mol. The van der Waals surface area contributed by atoms with E-state index in [1.807, 2.05) is 18.2 Å². The number of furan rings is 1. The van der Waals surface area contributed by atoms with Crippen LogP contribution in [0.5, 0.6) is 0 Å². The van der Waals surface area contributed by atoms with Crippen molar-refractivity contribution in [3.05, 3.63) is 176 Å². The first-order valence-electron chi connectivity index (χ1n) is 17.9. The molecule has 2 heterocycles. The fraction of sp³-hybridized carbons (Fsp3) is 0. The smallest absolute Gasteiger partial charge is 0.164 e. The second-order valence-corrected chi connectivity index (χ2v) is 13.6. The topological polar surface area (TPSA) is 51.8 Å². The molecule has 0 aliphatic rings. The van der Waals surface area contributed by atoms with Crippen LogP contribution in [0, 0.1) is 0 Å². The van der Waals surface area contributed by atoms with Gasteiger partial charge in [-0.05, 0) is 73.1 Å². The van der Waals surface area contributed by atoms with Gasteiger partial charge in [-0.25, -0.2) is 15.0 Å². The highest BCUT2D eigenvalue weighted by molar-refractivity contribution is 6.27. The van der Waals surface area contributed by atoms with Crippen LogP contribution < -0.4 is 0 Å². The number of hydrogen-bond donors (Lipinski definition) is 0. The molecule has 0 unspecified atom stereocenters. The fourth-order valence-corrected chi connectivity index (χ4v) is 7.99. The third-order valence-electron chi connectivity index (χ3n) is 10.5. The summed E-state index contributed by atoms with van der Waals surface area (Å²) in [6, 6.07) is 61.5. The van der Waals surface area contributed by atoms with E-state index in [9.17, 15) is 0 Å². The van der Waals surface area contributed by atoms with Crippen molar-refractivity contribution >= 4 is 65.0 Å². The van der Waals surface area contributed by atoms with Crippen molar-refractivity contribution in [2.45, 2.75) is 0 Å². The Balaban J connectivity index is 1.25. The zero-order valence-corrected chi connectivity index (χ0v) is 28.5. The lowest BCUT2D eigenvalue weighted by Gasteiger charge is -2.14. The highest BCUT2D eigenvalue weighted by Gasteiger charge is 2.22. The molecule has 0 spiro atoms. The van der Waals surface area contributed by atoms with Gasteiger partial charge in [0, 0.05) is 32.8 Å². The molecule has 246 valence electrons. The second-order valence-electron chi connectivity index (χ2n) is 13.6. The van der Waals surface area contributed by atoms with Gasteiger partial charge < -0.3 is 4.42 Å². The van der Waals surface area contributed by atoms with Gasteiger partial charge >= 0.3 is 0 Å². The fourth-order valence-electron chi connectivity index (χ4n) is 7.99. The van der Waals surface area contributed by atoms with Crippen LogP contribution in [-0.4, -0.2) is 15.0 Å². The van der Waals surface area contributed by atoms with Gasteiger partial charge in [0.05, 0.1) is 0 Å². The van der Waals surface area contributed by atoms with E-state index in [2.05, 4.69) is 158 Å². The van der Waals surface area contributed by atoms with Crippen molar-refractivity contribution < 1.29 is 4.42 Å². The third-order valence-corrected chi connectivity index (χ3v) is 10.5. The van der Waals surface area contributed by atoms with Crippen molar-refractivity contribution in [1.82, 2.24) is 15.0 Å². The first-order valence-corrected chi connectivity index (χ1v) is 17.9. The number of hydrogen-bond acceptors (Lipinski definition) is 4. The highest BCUT2D eigenvalue weighted by Crippen LogP contribution is 2.44. The molecule has 11 rings (SSSR count). The van der Waals surface area contributed by atoms with Crippen LogP contribution in [0.4, 0.5) is 0 Å². The van der Waals surface area contributed by atoms with E-state index >= 15 is 0 Å². The molecule has 0 saturated heterocycles. The summed E-state index contributed by atoms with van der Waals surface area (Å²) in [7, 11) is 0. The Morgan fingerprint density at radius 1 is 0.321 bits per heavy atom. The molecule has 2 aromatic heterocycles. The zero-order valence-electron chi connectivity index (χ0n) is 28.5. The van der Waals surface area contributed by atoms with E-state index in [4.69, 9.17) is 19.4 Å². The van der Waals surface area contributed by atoms with Crippen LogP contribution in [0.1, 0.15) is 0 Å². The first-order chi connectivity index (χ1) is 26.3. The van der Waals surface area contributed by atoms with E-state index in [-0.39, 0.29) is 0 Å². The number of fused-ring (bicyclic) bond motifs is 9. The predicted octanol–water partition coefficient (Wildman–Crippen LogP) is 13.1. The molecule has 11 aromatic rings. The Bertz CT molecular complexity index is 3220. The van der Waals surface area contributed by atoms with Gasteiger partial charge in [0.1, 0.15) is 11.2 Å². The van der Waals surface area contributed by atoms with E-state index in [0.717, 1.165) is 76.3 Å². The molecule has 0 N–H and O–H groups in total. The molecule has 0 amide bonds. The van der Waals surface area contributed by atoms with Crippen molar-refractivity contribution in [2.75, 3.05) is 0 Å². The number of nitrogens with zero attached hydrogens (tertiary/aromatic N) is 3. The second kappa shape index (κ2) is 11.7. The van der Waals surface area contributed by atoms with Gasteiger partial charge in [-0.1, -0.05) is 152 Å². The summed E-state index contributed by atoms with van der Waals surface area (Å²) in [5.41, 5.74) is 6.79. The monoisotopic (exact) mass is 675 g/mol. The third kappa shape index (κ3) is 4.73. The van der Waals surface area contributed by atoms with E-state index in [1.165, 1.54) is 16.5 Å². The average molecular weight is 676 g/mol. The summed E-state index contributed by atoms with van der Waals surface area (Å²) in [6.07, 6.45) is 0. The van der Waals surface area contributed by atoms with Crippen molar-refractivity contribution in [3.8, 4) is 45.3 Å². The average Bonchev–Trinajstić information content (AvgIpc) is 3.60. The number of rotatable bonds is 4. The van der Waals surface area contributed by atoms with Gasteiger partial charge in [-0.3, -0.25) is 0 Å². The van der Waals surface area contributed by atoms with Crippen LogP contribution >= 0.6 is 0 Å². The summed E-state index contributed by atoms with van der Waals surface area (Å²) in [5.74, 6) is 1.84. The van der Waals surface area contributed by atoms with Crippen molar-refractivity contribution in [2.24, 2.45) is 0 Å². The summed E-state index contributed by atoms with van der Waals surface area (Å²) in [6.45, 7) is 0. The van der Waals surface area contributed by atoms with Crippen LogP contribution in [0.15, 0.2) is 180 Å². The van der Waals surface area contributed by atoms with Gasteiger partial charge in [-0.2, -0.15) is 0 Å². The normalized spacial score (nSPS) is 11.8. The Morgan fingerprint density at radius 3 is 1.62 bits per heavy atom. The minimum Gasteiger partial charge on any atom is -0.455 e. The maximum atomic E-state index is 6.92. The molecule has 0 fully saturated rings. The Kier molecular flexibility index (Phi) is 6.52. The zero-order chi connectivity index (χ0) is 34.9. The molecule has 0 saturated carbocycles. The number of aromatic nitrogens is 3. The molecule has 0 atom stereocenters. The van der Waals surface area contributed by atoms with Gasteiger partial charge in [0.15, 0.2) is 17.5 Å². The van der Waals surface area contributed by atoms with Crippen LogP contribution in [-0.2, 0) is 0 Å². The summed E-state index contributed by atoms with van der Waals surface area (Å²) in [4.78, 5) is 15.8. The minimum atomic E-state index is 0.598. The lowest BCUT2D eigenvalue weighted by atomic mass is 9.94. The van der Waals surface area contributed by atoms with Crippen LogP contribution in [0.3, 0.4) is 0 Å². The molecule has 0 aliphatic heterocycles. The maximum Gasteiger partial charge on any atom is 0.164 e. The van der Waals surface area contributed by atoms with Gasteiger partial charge in [-0.15, -0.1) is 0 Å². The molecule has 0 radical (unpaired) electrons. The molecule has 4 nitrogen and oxygen atoms in total. The molecule has 9 aromatic carbocycles. The molecule has 0 bridgehead atoms. The van der Waals surface area contributed by atoms with Crippen LogP contribution in [0.25, 0.3) is 110 Å². The van der Waals surface area contributed by atoms with Crippen molar-refractivity contribution in [1.29, 1.82) is 0 Å². The van der Waals surface area contributed by atoms with E-state index in [0.29, 0.717) is 17.5 Å². The summed E-state index contributed by atoms with van der Waals surface area (Å²) in [5, 5.41) is 11.0. The summed E-state index contributed by atoms with van der Waals surface area (Å²) >= 11 is 0. The molecular formula is C49H29N3O. The SMILES string of the molecule is c1ccc(-c2nc(-c3ccc(-c4ccccc4)c4ccccc34)nc(-c3cc4ccc5ccccc5c4c4oc5cc6ccccc6cc5c34)n2)cc1. The van der Waals surface area contributed by atoms with Crippen molar-refractivity contribution in [3.63, 3.8) is 0 Å². The lowest BCUT2D eigenvalue weighted by molar-refractivity contribution is 0.673. The van der Waals surface area contributed by atoms with E-state index < -0.39 is 0 Å². The molecular weight excluding hydrogens is 647 g/mol. The highest BCUT2D eigenvalue weighted by atomic mass is 16.3. The Morgan fingerprint density at radius 2 is 0.868 bits per heavy atom. The molecule has 4 heteroatoms. The van der Waals surface area contributed by atoms with Gasteiger partial charge in [0.2, 0.25) is 0 Å². The Labute approximate surface area is 304 Å². The largest absolute Gasteiger partial charge is 0.455 e. The van der Waals surface area contributed by atoms with Crippen LogP contribution in [0.2, 0.25) is 0 Å².